The molecule has 0 spiro atoms. The van der Waals surface area contributed by atoms with Crippen LogP contribution in [-0.4, -0.2) is 52.1 Å². The molecule has 3 rings (SSSR count). The number of rotatable bonds is 5. The van der Waals surface area contributed by atoms with Crippen molar-refractivity contribution in [3.8, 4) is 0 Å². The van der Waals surface area contributed by atoms with Gasteiger partial charge in [-0.2, -0.15) is 0 Å². The van der Waals surface area contributed by atoms with Gasteiger partial charge in [-0.25, -0.2) is 4.98 Å². The van der Waals surface area contributed by atoms with Crippen LogP contribution in [0.5, 0.6) is 0 Å². The third-order valence-electron chi connectivity index (χ3n) is 3.99. The first kappa shape index (κ1) is 17.7. The number of pyridine rings is 1. The van der Waals surface area contributed by atoms with Crippen molar-refractivity contribution in [1.82, 2.24) is 9.88 Å². The van der Waals surface area contributed by atoms with E-state index in [-0.39, 0.29) is 16.2 Å². The zero-order valence-electron chi connectivity index (χ0n) is 13.7. The van der Waals surface area contributed by atoms with Crippen molar-refractivity contribution in [2.45, 2.75) is 17.1 Å². The molecular weight excluding hydrogens is 360 g/mol. The van der Waals surface area contributed by atoms with Gasteiger partial charge >= 0.3 is 5.00 Å². The molecule has 1 amide bonds. The molecule has 0 aromatic carbocycles. The summed E-state index contributed by atoms with van der Waals surface area (Å²) >= 11 is 2.34. The van der Waals surface area contributed by atoms with E-state index in [0.717, 1.165) is 30.2 Å². The van der Waals surface area contributed by atoms with Gasteiger partial charge in [0, 0.05) is 32.4 Å². The molecular formula is C16H18N4O3S2. The average molecular weight is 378 g/mol. The molecule has 1 aliphatic rings. The summed E-state index contributed by atoms with van der Waals surface area (Å²) in [6.45, 7) is 4.54. The van der Waals surface area contributed by atoms with Crippen molar-refractivity contribution in [3.05, 3.63) is 46.0 Å². The number of hydrogen-bond donors (Lipinski definition) is 0. The lowest BCUT2D eigenvalue weighted by Gasteiger charge is -2.36. The first-order valence-corrected chi connectivity index (χ1v) is 9.65. The first-order chi connectivity index (χ1) is 12.1. The summed E-state index contributed by atoms with van der Waals surface area (Å²) in [6.07, 6.45) is 1.76. The minimum absolute atomic E-state index is 0.0196. The lowest BCUT2D eigenvalue weighted by atomic mass is 10.2. The fourth-order valence-corrected chi connectivity index (χ4v) is 4.64. The predicted molar refractivity (Wildman–Crippen MR) is 99.3 cm³/mol. The molecule has 2 aromatic heterocycles. The second-order valence-electron chi connectivity index (χ2n) is 5.61. The molecule has 1 fully saturated rings. The molecule has 0 aliphatic carbocycles. The quantitative estimate of drug-likeness (QED) is 0.452. The van der Waals surface area contributed by atoms with Gasteiger partial charge in [-0.1, -0.05) is 17.4 Å². The Balaban J connectivity index is 1.57. The Labute approximate surface area is 153 Å². The van der Waals surface area contributed by atoms with Crippen molar-refractivity contribution in [1.29, 1.82) is 0 Å². The van der Waals surface area contributed by atoms with E-state index in [0.29, 0.717) is 18.0 Å². The number of carbonyl (C=O) groups excluding carboxylic acids is 1. The van der Waals surface area contributed by atoms with E-state index in [1.807, 2.05) is 23.1 Å². The van der Waals surface area contributed by atoms with Gasteiger partial charge in [-0.15, -0.1) is 11.8 Å². The zero-order chi connectivity index (χ0) is 17.8. The van der Waals surface area contributed by atoms with Gasteiger partial charge in [-0.05, 0) is 30.5 Å². The van der Waals surface area contributed by atoms with Crippen LogP contribution in [-0.2, 0) is 4.79 Å². The van der Waals surface area contributed by atoms with Crippen LogP contribution >= 0.6 is 23.1 Å². The van der Waals surface area contributed by atoms with Gasteiger partial charge in [0.15, 0.2) is 0 Å². The van der Waals surface area contributed by atoms with Crippen LogP contribution in [0.3, 0.4) is 0 Å². The molecule has 3 heterocycles. The Kier molecular flexibility index (Phi) is 5.54. The van der Waals surface area contributed by atoms with Crippen LogP contribution in [0.2, 0.25) is 0 Å². The Morgan fingerprint density at radius 3 is 2.72 bits per heavy atom. The van der Waals surface area contributed by atoms with Gasteiger partial charge in [0.2, 0.25) is 5.91 Å². The number of anilines is 1. The summed E-state index contributed by atoms with van der Waals surface area (Å²) in [5.41, 5.74) is 0. The van der Waals surface area contributed by atoms with Crippen molar-refractivity contribution in [2.75, 3.05) is 31.1 Å². The van der Waals surface area contributed by atoms with E-state index < -0.39 is 4.92 Å². The molecule has 0 unspecified atom stereocenters. The van der Waals surface area contributed by atoms with E-state index in [1.54, 1.807) is 24.6 Å². The number of thioether (sulfide) groups is 1. The summed E-state index contributed by atoms with van der Waals surface area (Å²) in [6, 6.07) is 7.50. The van der Waals surface area contributed by atoms with E-state index >= 15 is 0 Å². The summed E-state index contributed by atoms with van der Waals surface area (Å²) < 4.78 is 0. The molecule has 0 radical (unpaired) electrons. The Hall–Kier alpha value is -2.13. The first-order valence-electron chi connectivity index (χ1n) is 7.89. The second-order valence-corrected chi connectivity index (χ2v) is 7.88. The van der Waals surface area contributed by atoms with E-state index in [4.69, 9.17) is 0 Å². The van der Waals surface area contributed by atoms with Gasteiger partial charge in [0.1, 0.15) is 5.82 Å². The summed E-state index contributed by atoms with van der Waals surface area (Å²) in [4.78, 5) is 32.1. The Morgan fingerprint density at radius 1 is 1.32 bits per heavy atom. The van der Waals surface area contributed by atoms with Crippen LogP contribution in [0.25, 0.3) is 0 Å². The minimum Gasteiger partial charge on any atom is -0.353 e. The lowest BCUT2D eigenvalue weighted by Crippen LogP contribution is -2.50. The van der Waals surface area contributed by atoms with Crippen LogP contribution in [0.1, 0.15) is 6.92 Å². The second kappa shape index (κ2) is 7.83. The maximum absolute atomic E-state index is 12.7. The normalized spacial score (nSPS) is 15.9. The molecule has 0 bridgehead atoms. The molecule has 2 aromatic rings. The fourth-order valence-electron chi connectivity index (χ4n) is 2.71. The largest absolute Gasteiger partial charge is 0.353 e. The van der Waals surface area contributed by atoms with Crippen LogP contribution < -0.4 is 4.90 Å². The maximum Gasteiger partial charge on any atom is 0.337 e. The molecule has 1 saturated heterocycles. The Bertz CT molecular complexity index is 745. The number of hydrogen-bond acceptors (Lipinski definition) is 7. The van der Waals surface area contributed by atoms with E-state index in [1.165, 1.54) is 11.8 Å². The van der Waals surface area contributed by atoms with Crippen molar-refractivity contribution < 1.29 is 9.72 Å². The maximum atomic E-state index is 12.7. The summed E-state index contributed by atoms with van der Waals surface area (Å²) in [5, 5.41) is 12.4. The zero-order valence-corrected chi connectivity index (χ0v) is 15.3. The number of nitrogens with zero attached hydrogens (tertiary/aromatic N) is 4. The SMILES string of the molecule is C[C@H](Sc1ccsc1[N+](=O)[O-])C(=O)N1CCN(c2ccccn2)CC1. The Morgan fingerprint density at radius 2 is 2.08 bits per heavy atom. The van der Waals surface area contributed by atoms with Crippen molar-refractivity contribution in [2.24, 2.45) is 0 Å². The smallest absolute Gasteiger partial charge is 0.337 e. The van der Waals surface area contributed by atoms with Crippen LogP contribution in [0, 0.1) is 10.1 Å². The summed E-state index contributed by atoms with van der Waals surface area (Å²) in [7, 11) is 0. The number of nitro groups is 1. The van der Waals surface area contributed by atoms with Crippen molar-refractivity contribution >= 4 is 39.8 Å². The van der Waals surface area contributed by atoms with E-state index in [2.05, 4.69) is 9.88 Å². The molecule has 0 saturated carbocycles. The standard InChI is InChI=1S/C16H18N4O3S2/c1-12(25-13-5-11-24-16(13)20(22)23)15(21)19-9-7-18(8-10-19)14-4-2-3-6-17-14/h2-6,11-12H,7-10H2,1H3/t12-/m0/s1. The molecule has 9 heteroatoms. The monoisotopic (exact) mass is 378 g/mol. The molecule has 25 heavy (non-hydrogen) atoms. The third-order valence-corrected chi connectivity index (χ3v) is 6.12. The molecule has 132 valence electrons. The van der Waals surface area contributed by atoms with Crippen molar-refractivity contribution in [3.63, 3.8) is 0 Å². The molecule has 7 nitrogen and oxygen atoms in total. The highest BCUT2D eigenvalue weighted by atomic mass is 32.2. The summed E-state index contributed by atoms with van der Waals surface area (Å²) in [5.74, 6) is 0.942. The number of thiophene rings is 1. The number of piperazine rings is 1. The van der Waals surface area contributed by atoms with Gasteiger partial charge in [0.05, 0.1) is 15.1 Å². The van der Waals surface area contributed by atoms with Crippen LogP contribution in [0.4, 0.5) is 10.8 Å². The molecule has 0 N–H and O–H groups in total. The van der Waals surface area contributed by atoms with Gasteiger partial charge in [-0.3, -0.25) is 14.9 Å². The highest BCUT2D eigenvalue weighted by Gasteiger charge is 2.28. The average Bonchev–Trinajstić information content (AvgIpc) is 3.10. The minimum atomic E-state index is -0.393. The van der Waals surface area contributed by atoms with Crippen LogP contribution in [0.15, 0.2) is 40.7 Å². The van der Waals surface area contributed by atoms with Gasteiger partial charge < -0.3 is 9.80 Å². The lowest BCUT2D eigenvalue weighted by molar-refractivity contribution is -0.382. The number of amides is 1. The highest BCUT2D eigenvalue weighted by Crippen LogP contribution is 2.37. The number of aromatic nitrogens is 1. The highest BCUT2D eigenvalue weighted by molar-refractivity contribution is 8.00. The third kappa shape index (κ3) is 4.10. The fraction of sp³-hybridized carbons (Fsp3) is 0.375. The number of carbonyl (C=O) groups is 1. The predicted octanol–water partition coefficient (Wildman–Crippen LogP) is 2.88. The topological polar surface area (TPSA) is 79.6 Å². The van der Waals surface area contributed by atoms with E-state index in [9.17, 15) is 14.9 Å². The molecule has 1 aliphatic heterocycles. The molecule has 1 atom stereocenters. The van der Waals surface area contributed by atoms with Gasteiger partial charge in [0.25, 0.3) is 0 Å².